The number of hydrogen-bond acceptors (Lipinski definition) is 6. The molecule has 0 aliphatic carbocycles. The molecule has 3 aromatic carbocycles. The number of allylic oxidation sites excluding steroid dienone is 4. The van der Waals surface area contributed by atoms with E-state index in [2.05, 4.69) is 0 Å². The van der Waals surface area contributed by atoms with Crippen LogP contribution in [0.5, 0.6) is 0 Å². The first-order valence-electron chi connectivity index (χ1n) is 12.2. The van der Waals surface area contributed by atoms with Gasteiger partial charge in [0.2, 0.25) is 0 Å². The number of pyridine rings is 2. The third-order valence-corrected chi connectivity index (χ3v) is 7.59. The van der Waals surface area contributed by atoms with Crippen molar-refractivity contribution in [1.82, 2.24) is 9.13 Å². The van der Waals surface area contributed by atoms with Crippen molar-refractivity contribution in [3.8, 4) is 24.3 Å². The van der Waals surface area contributed by atoms with Gasteiger partial charge in [0, 0.05) is 35.6 Å². The molecule has 0 spiro atoms. The second-order valence-electron chi connectivity index (χ2n) is 9.57. The number of aromatic nitrogens is 2. The van der Waals surface area contributed by atoms with Crippen LogP contribution >= 0.6 is 0 Å². The maximum atomic E-state index is 13.8. The van der Waals surface area contributed by atoms with Gasteiger partial charge in [0.25, 0.3) is 0 Å². The van der Waals surface area contributed by atoms with Crippen LogP contribution in [0.1, 0.15) is 25.0 Å². The van der Waals surface area contributed by atoms with Gasteiger partial charge < -0.3 is 9.13 Å². The Morgan fingerprint density at radius 3 is 1.20 bits per heavy atom. The largest absolute Gasteiger partial charge is 0.343 e. The molecule has 5 rings (SSSR count). The highest BCUT2D eigenvalue weighted by Gasteiger charge is 2.17. The van der Waals surface area contributed by atoms with Crippen LogP contribution in [0.2, 0.25) is 0 Å². The molecule has 5 aromatic rings. The summed E-state index contributed by atoms with van der Waals surface area (Å²) in [6, 6.07) is 21.5. The zero-order chi connectivity index (χ0) is 28.9. The van der Waals surface area contributed by atoms with Crippen LogP contribution in [0, 0.1) is 45.3 Å². The van der Waals surface area contributed by atoms with Gasteiger partial charge in [0.15, 0.2) is 10.9 Å². The van der Waals surface area contributed by atoms with E-state index in [1.54, 1.807) is 62.4 Å². The molecule has 0 bridgehead atoms. The summed E-state index contributed by atoms with van der Waals surface area (Å²) < 4.78 is 3.70. The van der Waals surface area contributed by atoms with Gasteiger partial charge in [-0.3, -0.25) is 9.59 Å². The summed E-state index contributed by atoms with van der Waals surface area (Å²) in [5, 5.41) is 38.8. The first-order chi connectivity index (χ1) is 19.2. The molecule has 8 nitrogen and oxygen atoms in total. The van der Waals surface area contributed by atoms with Gasteiger partial charge in [-0.25, -0.2) is 0 Å². The van der Waals surface area contributed by atoms with Crippen molar-refractivity contribution in [3.05, 3.63) is 91.3 Å². The topological polar surface area (TPSA) is 139 Å². The third kappa shape index (κ3) is 3.64. The van der Waals surface area contributed by atoms with Crippen LogP contribution in [0.4, 0.5) is 0 Å². The highest BCUT2D eigenvalue weighted by Crippen LogP contribution is 2.28. The van der Waals surface area contributed by atoms with Crippen LogP contribution in [0.3, 0.4) is 0 Å². The molecule has 0 amide bonds. The fourth-order valence-electron chi connectivity index (χ4n) is 5.21. The Balaban J connectivity index is 1.87. The zero-order valence-corrected chi connectivity index (χ0v) is 22.1. The predicted octanol–water partition coefficient (Wildman–Crippen LogP) is 5.34. The average Bonchev–Trinajstić information content (AvgIpc) is 2.98. The second kappa shape index (κ2) is 9.41. The molecule has 2 aromatic heterocycles. The predicted molar refractivity (Wildman–Crippen MR) is 155 cm³/mol. The fraction of sp³-hybridized carbons (Fsp3) is 0.125. The maximum Gasteiger partial charge on any atom is 0.197 e. The molecular formula is C32H20N6O2. The van der Waals surface area contributed by atoms with Gasteiger partial charge >= 0.3 is 0 Å². The molecule has 0 saturated heterocycles. The lowest BCUT2D eigenvalue weighted by molar-refractivity contribution is 0.993. The summed E-state index contributed by atoms with van der Waals surface area (Å²) in [6.45, 7) is 3.35. The van der Waals surface area contributed by atoms with E-state index in [0.717, 1.165) is 0 Å². The molecular weight excluding hydrogens is 500 g/mol. The van der Waals surface area contributed by atoms with Crippen molar-refractivity contribution in [2.24, 2.45) is 14.1 Å². The standard InChI is InChI=1S/C32H20N6O2/c1-17(21(13-33)14-34)19-5-7-27-23(9-19)31(39)25-11-30-26(12-29(25)37(27)3)32(40)24-10-20(6-8-28(24)38(30)4)18(2)22(15-35)16-36/h5-12H,1-4H3. The fourth-order valence-corrected chi connectivity index (χ4v) is 5.21. The van der Waals surface area contributed by atoms with Gasteiger partial charge in [-0.2, -0.15) is 21.0 Å². The van der Waals surface area contributed by atoms with Gasteiger partial charge in [-0.15, -0.1) is 0 Å². The van der Waals surface area contributed by atoms with E-state index >= 15 is 0 Å². The van der Waals surface area contributed by atoms with Crippen LogP contribution in [0.15, 0.2) is 69.3 Å². The Bertz CT molecular complexity index is 2140. The maximum absolute atomic E-state index is 13.8. The summed E-state index contributed by atoms with van der Waals surface area (Å²) in [4.78, 5) is 27.5. The number of fused-ring (bicyclic) bond motifs is 4. The molecule has 0 radical (unpaired) electrons. The van der Waals surface area contributed by atoms with Crippen LogP contribution in [-0.2, 0) is 14.1 Å². The number of aryl methyl sites for hydroxylation is 2. The smallest absolute Gasteiger partial charge is 0.197 e. The van der Waals surface area contributed by atoms with E-state index < -0.39 is 0 Å². The van der Waals surface area contributed by atoms with E-state index in [1.165, 1.54) is 0 Å². The van der Waals surface area contributed by atoms with E-state index in [9.17, 15) is 30.6 Å². The minimum atomic E-state index is -0.223. The Morgan fingerprint density at radius 2 is 0.875 bits per heavy atom. The molecule has 40 heavy (non-hydrogen) atoms. The molecule has 0 N–H and O–H groups in total. The molecule has 0 atom stereocenters. The molecule has 0 saturated carbocycles. The first kappa shape index (κ1) is 25.7. The molecule has 0 unspecified atom stereocenters. The zero-order valence-electron chi connectivity index (χ0n) is 22.1. The van der Waals surface area contributed by atoms with Gasteiger partial charge in [-0.05, 0) is 72.5 Å². The minimum Gasteiger partial charge on any atom is -0.343 e. The Kier molecular flexibility index (Phi) is 6.04. The van der Waals surface area contributed by atoms with E-state index in [1.807, 2.05) is 47.5 Å². The summed E-state index contributed by atoms with van der Waals surface area (Å²) >= 11 is 0. The SMILES string of the molecule is CC(=C(C#N)C#N)c1ccc2c(c1)c(=O)c1cc3c(cc1n2C)c(=O)c1cc(C(C)=C(C#N)C#N)ccc1n3C. The van der Waals surface area contributed by atoms with Crippen LogP contribution in [0.25, 0.3) is 54.8 Å². The van der Waals surface area contributed by atoms with Gasteiger partial charge in [0.05, 0.1) is 22.1 Å². The molecule has 0 aliphatic rings. The lowest BCUT2D eigenvalue weighted by Gasteiger charge is -2.16. The lowest BCUT2D eigenvalue weighted by atomic mass is 9.98. The van der Waals surface area contributed by atoms with E-state index in [0.29, 0.717) is 65.9 Å². The molecule has 2 heterocycles. The molecule has 8 heteroatoms. The average molecular weight is 521 g/mol. The minimum absolute atomic E-state index is 0.0184. The normalized spacial score (nSPS) is 10.6. The summed E-state index contributed by atoms with van der Waals surface area (Å²) in [5.41, 5.74) is 4.16. The van der Waals surface area contributed by atoms with Gasteiger partial charge in [0.1, 0.15) is 35.4 Å². The number of hydrogen-bond donors (Lipinski definition) is 0. The number of rotatable bonds is 2. The first-order valence-corrected chi connectivity index (χ1v) is 12.2. The molecule has 0 fully saturated rings. The van der Waals surface area contributed by atoms with Crippen molar-refractivity contribution in [3.63, 3.8) is 0 Å². The van der Waals surface area contributed by atoms with Crippen molar-refractivity contribution in [1.29, 1.82) is 21.0 Å². The lowest BCUT2D eigenvalue weighted by Crippen LogP contribution is -2.13. The quantitative estimate of drug-likeness (QED) is 0.227. The number of benzene rings is 3. The number of nitriles is 4. The van der Waals surface area contributed by atoms with E-state index in [4.69, 9.17) is 0 Å². The summed E-state index contributed by atoms with van der Waals surface area (Å²) in [5.74, 6) is 0. The van der Waals surface area contributed by atoms with Crippen LogP contribution < -0.4 is 10.9 Å². The van der Waals surface area contributed by atoms with Gasteiger partial charge in [-0.1, -0.05) is 12.1 Å². The van der Waals surface area contributed by atoms with Crippen molar-refractivity contribution >= 4 is 54.8 Å². The van der Waals surface area contributed by atoms with E-state index in [-0.39, 0.29) is 22.0 Å². The van der Waals surface area contributed by atoms with Crippen molar-refractivity contribution in [2.75, 3.05) is 0 Å². The Hall–Kier alpha value is -5.96. The highest BCUT2D eigenvalue weighted by molar-refractivity contribution is 6.04. The van der Waals surface area contributed by atoms with Crippen molar-refractivity contribution in [2.45, 2.75) is 13.8 Å². The number of nitrogens with zero attached hydrogens (tertiary/aromatic N) is 6. The summed E-state index contributed by atoms with van der Waals surface area (Å²) in [6.07, 6.45) is 0. The summed E-state index contributed by atoms with van der Waals surface area (Å²) in [7, 11) is 3.63. The highest BCUT2D eigenvalue weighted by atomic mass is 16.1. The van der Waals surface area contributed by atoms with Crippen LogP contribution in [-0.4, -0.2) is 9.13 Å². The molecule has 0 aliphatic heterocycles. The molecule has 190 valence electrons. The third-order valence-electron chi connectivity index (χ3n) is 7.59. The Labute approximate surface area is 228 Å². The monoisotopic (exact) mass is 520 g/mol. The second-order valence-corrected chi connectivity index (χ2v) is 9.57. The van der Waals surface area contributed by atoms with Crippen molar-refractivity contribution < 1.29 is 0 Å². The Morgan fingerprint density at radius 1 is 0.550 bits per heavy atom.